The van der Waals surface area contributed by atoms with Crippen LogP contribution in [-0.4, -0.2) is 33.8 Å². The molecule has 0 aromatic rings. The molecule has 3 saturated carbocycles. The van der Waals surface area contributed by atoms with Crippen molar-refractivity contribution < 1.29 is 24.3 Å². The second-order valence-electron chi connectivity index (χ2n) is 6.93. The van der Waals surface area contributed by atoms with Gasteiger partial charge in [-0.05, 0) is 25.7 Å². The predicted molar refractivity (Wildman–Crippen MR) is 67.7 cm³/mol. The van der Waals surface area contributed by atoms with Gasteiger partial charge in [0.05, 0.1) is 5.92 Å². The van der Waals surface area contributed by atoms with Gasteiger partial charge in [-0.3, -0.25) is 19.2 Å². The minimum absolute atomic E-state index is 0.0967. The number of hydrogen-bond acceptors (Lipinski definition) is 5. The average Bonchev–Trinajstić information content (AvgIpc) is 2.61. The maximum absolute atomic E-state index is 12.8. The van der Waals surface area contributed by atoms with E-state index in [9.17, 15) is 24.3 Å². The van der Waals surface area contributed by atoms with Crippen molar-refractivity contribution in [1.82, 2.24) is 0 Å². The standard InChI is InChI=1S/C15H18O5/c1-7-4-5-9(16)13(2)6-8-10(17)15(7,13)12(19)11(18)14(8,3)20/h7-8,20H,4-6H2,1-3H3. The molecule has 5 atom stereocenters. The van der Waals surface area contributed by atoms with E-state index in [4.69, 9.17) is 0 Å². The molecular weight excluding hydrogens is 260 g/mol. The molecule has 0 aromatic heterocycles. The van der Waals surface area contributed by atoms with Crippen molar-refractivity contribution in [3.63, 3.8) is 0 Å². The van der Waals surface area contributed by atoms with Gasteiger partial charge < -0.3 is 5.11 Å². The molecular formula is C15H18O5. The molecule has 5 heteroatoms. The first-order chi connectivity index (χ1) is 9.11. The summed E-state index contributed by atoms with van der Waals surface area (Å²) in [6, 6.07) is 0. The lowest BCUT2D eigenvalue weighted by Gasteiger charge is -2.48. The van der Waals surface area contributed by atoms with Gasteiger partial charge in [-0.2, -0.15) is 0 Å². The quantitative estimate of drug-likeness (QED) is 0.514. The summed E-state index contributed by atoms with van der Waals surface area (Å²) in [5.74, 6) is -3.59. The number of Topliss-reactive ketones (excluding diaryl/α,β-unsaturated/α-hetero) is 4. The summed E-state index contributed by atoms with van der Waals surface area (Å²) in [6.07, 6.45) is 0.858. The first-order valence-corrected chi connectivity index (χ1v) is 7.01. The van der Waals surface area contributed by atoms with E-state index in [0.717, 1.165) is 0 Å². The maximum atomic E-state index is 12.8. The van der Waals surface area contributed by atoms with E-state index in [1.807, 2.05) is 0 Å². The largest absolute Gasteiger partial charge is 0.381 e. The molecule has 0 radical (unpaired) electrons. The highest BCUT2D eigenvalue weighted by molar-refractivity contribution is 6.50. The smallest absolute Gasteiger partial charge is 0.231 e. The summed E-state index contributed by atoms with van der Waals surface area (Å²) in [5, 5.41) is 10.3. The fourth-order valence-electron chi connectivity index (χ4n) is 4.78. The number of aliphatic hydroxyl groups is 1. The van der Waals surface area contributed by atoms with Crippen molar-refractivity contribution in [3.8, 4) is 0 Å². The number of carbonyl (C=O) groups excluding carboxylic acids is 4. The molecule has 0 saturated heterocycles. The van der Waals surface area contributed by atoms with Crippen molar-refractivity contribution >= 4 is 23.1 Å². The molecule has 3 aliphatic carbocycles. The number of ketones is 4. The zero-order valence-electron chi connectivity index (χ0n) is 11.9. The second-order valence-corrected chi connectivity index (χ2v) is 6.93. The topological polar surface area (TPSA) is 88.5 Å². The van der Waals surface area contributed by atoms with Crippen LogP contribution in [0.3, 0.4) is 0 Å². The molecule has 5 unspecified atom stereocenters. The van der Waals surface area contributed by atoms with Crippen molar-refractivity contribution in [3.05, 3.63) is 0 Å². The highest BCUT2D eigenvalue weighted by atomic mass is 16.3. The van der Waals surface area contributed by atoms with Gasteiger partial charge in [0, 0.05) is 11.8 Å². The maximum Gasteiger partial charge on any atom is 0.231 e. The fourth-order valence-corrected chi connectivity index (χ4v) is 4.78. The molecule has 108 valence electrons. The third kappa shape index (κ3) is 1.07. The van der Waals surface area contributed by atoms with E-state index in [1.165, 1.54) is 6.92 Å². The van der Waals surface area contributed by atoms with Gasteiger partial charge in [0.25, 0.3) is 0 Å². The van der Waals surface area contributed by atoms with Gasteiger partial charge in [-0.25, -0.2) is 0 Å². The van der Waals surface area contributed by atoms with Crippen molar-refractivity contribution in [2.24, 2.45) is 22.7 Å². The van der Waals surface area contributed by atoms with Gasteiger partial charge in [0.2, 0.25) is 11.6 Å². The van der Waals surface area contributed by atoms with E-state index in [2.05, 4.69) is 0 Å². The molecule has 20 heavy (non-hydrogen) atoms. The van der Waals surface area contributed by atoms with Crippen LogP contribution in [0, 0.1) is 22.7 Å². The zero-order valence-corrected chi connectivity index (χ0v) is 11.9. The lowest BCUT2D eigenvalue weighted by atomic mass is 9.50. The van der Waals surface area contributed by atoms with Crippen LogP contribution >= 0.6 is 0 Å². The third-order valence-electron chi connectivity index (χ3n) is 6.05. The second kappa shape index (κ2) is 3.45. The molecule has 3 fully saturated rings. The first-order valence-electron chi connectivity index (χ1n) is 7.01. The summed E-state index contributed by atoms with van der Waals surface area (Å²) in [5.41, 5.74) is -4.65. The van der Waals surface area contributed by atoms with E-state index < -0.39 is 39.7 Å². The monoisotopic (exact) mass is 278 g/mol. The molecule has 5 nitrogen and oxygen atoms in total. The zero-order chi connectivity index (χ0) is 15.1. The van der Waals surface area contributed by atoms with Gasteiger partial charge >= 0.3 is 0 Å². The van der Waals surface area contributed by atoms with Crippen LogP contribution < -0.4 is 0 Å². The van der Waals surface area contributed by atoms with E-state index in [1.54, 1.807) is 13.8 Å². The SMILES string of the molecule is CC1CCC(=O)C2(C)CC3C(=O)C12C(=O)C(=O)C3(C)O. The Balaban J connectivity index is 2.33. The third-order valence-corrected chi connectivity index (χ3v) is 6.05. The van der Waals surface area contributed by atoms with Crippen LogP contribution in [0.15, 0.2) is 0 Å². The molecule has 3 aliphatic rings. The Morgan fingerprint density at radius 2 is 1.70 bits per heavy atom. The van der Waals surface area contributed by atoms with Crippen LogP contribution in [0.5, 0.6) is 0 Å². The van der Waals surface area contributed by atoms with Crippen molar-refractivity contribution in [2.75, 3.05) is 0 Å². The molecule has 1 N–H and O–H groups in total. The molecule has 3 rings (SSSR count). The summed E-state index contributed by atoms with van der Waals surface area (Å²) in [4.78, 5) is 50.1. The highest BCUT2D eigenvalue weighted by Crippen LogP contribution is 2.65. The van der Waals surface area contributed by atoms with E-state index >= 15 is 0 Å². The van der Waals surface area contributed by atoms with E-state index in [0.29, 0.717) is 12.8 Å². The van der Waals surface area contributed by atoms with Crippen LogP contribution in [0.1, 0.15) is 40.0 Å². The summed E-state index contributed by atoms with van der Waals surface area (Å²) < 4.78 is 0. The van der Waals surface area contributed by atoms with Crippen LogP contribution in [0.4, 0.5) is 0 Å². The first kappa shape index (κ1) is 13.6. The van der Waals surface area contributed by atoms with Crippen LogP contribution in [0.2, 0.25) is 0 Å². The molecule has 0 amide bonds. The normalized spacial score (nSPS) is 51.4. The Kier molecular flexibility index (Phi) is 2.35. The summed E-state index contributed by atoms with van der Waals surface area (Å²) in [7, 11) is 0. The Morgan fingerprint density at radius 3 is 2.30 bits per heavy atom. The van der Waals surface area contributed by atoms with Crippen molar-refractivity contribution in [1.29, 1.82) is 0 Å². The van der Waals surface area contributed by atoms with E-state index in [-0.39, 0.29) is 18.1 Å². The van der Waals surface area contributed by atoms with Crippen LogP contribution in [-0.2, 0) is 19.2 Å². The summed E-state index contributed by atoms with van der Waals surface area (Å²) >= 11 is 0. The Labute approximate surface area is 116 Å². The number of rotatable bonds is 0. The van der Waals surface area contributed by atoms with Crippen molar-refractivity contribution in [2.45, 2.75) is 45.6 Å². The van der Waals surface area contributed by atoms with Gasteiger partial charge in [-0.15, -0.1) is 0 Å². The summed E-state index contributed by atoms with van der Waals surface area (Å²) in [6.45, 7) is 4.60. The Bertz CT molecular complexity index is 575. The van der Waals surface area contributed by atoms with Gasteiger partial charge in [0.1, 0.15) is 16.8 Å². The number of hydrogen-bond donors (Lipinski definition) is 1. The molecule has 1 spiro atoms. The van der Waals surface area contributed by atoms with Gasteiger partial charge in [-0.1, -0.05) is 13.8 Å². The van der Waals surface area contributed by atoms with Crippen LogP contribution in [0.25, 0.3) is 0 Å². The molecule has 0 heterocycles. The highest BCUT2D eigenvalue weighted by Gasteiger charge is 2.79. The fraction of sp³-hybridized carbons (Fsp3) is 0.733. The molecule has 0 aromatic carbocycles. The van der Waals surface area contributed by atoms with Gasteiger partial charge in [0.15, 0.2) is 5.78 Å². The number of fused-ring (bicyclic) bond motifs is 1. The minimum atomic E-state index is -1.97. The number of carbonyl (C=O) groups is 4. The Hall–Kier alpha value is -1.36. The predicted octanol–water partition coefficient (Wildman–Crippen LogP) is 0.470. The minimum Gasteiger partial charge on any atom is -0.381 e. The molecule has 2 bridgehead atoms. The lowest BCUT2D eigenvalue weighted by molar-refractivity contribution is -0.174. The molecule has 0 aliphatic heterocycles. The lowest BCUT2D eigenvalue weighted by Crippen LogP contribution is -2.66. The average molecular weight is 278 g/mol. The Morgan fingerprint density at radius 1 is 1.10 bits per heavy atom.